The van der Waals surface area contributed by atoms with Crippen LogP contribution in [-0.2, 0) is 4.74 Å². The monoisotopic (exact) mass is 444 g/mol. The van der Waals surface area contributed by atoms with Gasteiger partial charge in [-0.15, -0.1) is 0 Å². The van der Waals surface area contributed by atoms with Crippen LogP contribution in [0.15, 0.2) is 34.2 Å². The first-order valence-corrected chi connectivity index (χ1v) is 9.76. The number of imidazole rings is 1. The van der Waals surface area contributed by atoms with Gasteiger partial charge in [-0.05, 0) is 17.7 Å². The molecule has 3 heterocycles. The molecule has 0 aliphatic carbocycles. The maximum absolute atomic E-state index is 12.3. The Morgan fingerprint density at radius 3 is 2.62 bits per heavy atom. The van der Waals surface area contributed by atoms with E-state index >= 15 is 0 Å². The van der Waals surface area contributed by atoms with Gasteiger partial charge in [0.1, 0.15) is 18.3 Å². The van der Waals surface area contributed by atoms with Crippen molar-refractivity contribution in [2.24, 2.45) is 5.10 Å². The first kappa shape index (κ1) is 21.7. The fourth-order valence-corrected chi connectivity index (χ4v) is 3.44. The van der Waals surface area contributed by atoms with Crippen LogP contribution < -0.4 is 21.6 Å². The van der Waals surface area contributed by atoms with Crippen LogP contribution in [0.25, 0.3) is 11.2 Å². The van der Waals surface area contributed by atoms with Gasteiger partial charge in [0.25, 0.3) is 5.56 Å². The molecule has 1 aliphatic rings. The number of nitrogen functional groups attached to an aromatic ring is 1. The van der Waals surface area contributed by atoms with Gasteiger partial charge >= 0.3 is 0 Å². The van der Waals surface area contributed by atoms with E-state index < -0.39 is 36.7 Å². The average molecular weight is 444 g/mol. The van der Waals surface area contributed by atoms with Crippen molar-refractivity contribution in [3.8, 4) is 0 Å². The quantitative estimate of drug-likeness (QED) is 0.200. The minimum Gasteiger partial charge on any atom is -0.394 e. The van der Waals surface area contributed by atoms with E-state index in [4.69, 9.17) is 10.5 Å². The molecule has 0 amide bonds. The van der Waals surface area contributed by atoms with Crippen LogP contribution >= 0.6 is 0 Å². The van der Waals surface area contributed by atoms with E-state index in [2.05, 4.69) is 25.5 Å². The van der Waals surface area contributed by atoms with E-state index in [0.717, 1.165) is 11.3 Å². The lowest BCUT2D eigenvalue weighted by molar-refractivity contribution is -0.0501. The molecule has 170 valence electrons. The number of aliphatic hydroxyl groups is 3. The largest absolute Gasteiger partial charge is 0.394 e. The van der Waals surface area contributed by atoms with Gasteiger partial charge in [-0.3, -0.25) is 14.3 Å². The Balaban J connectivity index is 1.70. The second-order valence-electron chi connectivity index (χ2n) is 7.51. The minimum atomic E-state index is -1.42. The smallest absolute Gasteiger partial charge is 0.280 e. The summed E-state index contributed by atoms with van der Waals surface area (Å²) in [6.45, 7) is -0.513. The highest BCUT2D eigenvalue weighted by molar-refractivity contribution is 5.81. The summed E-state index contributed by atoms with van der Waals surface area (Å²) in [5.41, 5.74) is 9.60. The second kappa shape index (κ2) is 8.55. The second-order valence-corrected chi connectivity index (χ2v) is 7.51. The van der Waals surface area contributed by atoms with Gasteiger partial charge in [0.2, 0.25) is 11.9 Å². The predicted molar refractivity (Wildman–Crippen MR) is 118 cm³/mol. The van der Waals surface area contributed by atoms with Crippen molar-refractivity contribution < 1.29 is 20.1 Å². The Morgan fingerprint density at radius 2 is 2.00 bits per heavy atom. The summed E-state index contributed by atoms with van der Waals surface area (Å²) in [6.07, 6.45) is -3.45. The number of rotatable bonds is 6. The summed E-state index contributed by atoms with van der Waals surface area (Å²) < 4.78 is 6.87. The summed E-state index contributed by atoms with van der Waals surface area (Å²) in [5, 5.41) is 34.2. The van der Waals surface area contributed by atoms with Gasteiger partial charge in [-0.1, -0.05) is 12.1 Å². The first-order chi connectivity index (χ1) is 15.3. The van der Waals surface area contributed by atoms with Crippen molar-refractivity contribution in [3.05, 3.63) is 40.2 Å². The molecule has 4 rings (SSSR count). The Morgan fingerprint density at radius 1 is 1.28 bits per heavy atom. The molecular formula is C19H24N8O5. The van der Waals surface area contributed by atoms with Crippen LogP contribution in [0.4, 0.5) is 17.6 Å². The highest BCUT2D eigenvalue weighted by Gasteiger charge is 2.45. The molecule has 0 radical (unpaired) electrons. The number of aliphatic hydroxyl groups excluding tert-OH is 3. The van der Waals surface area contributed by atoms with Crippen LogP contribution in [0, 0.1) is 0 Å². The van der Waals surface area contributed by atoms with Crippen LogP contribution in [0.1, 0.15) is 11.8 Å². The SMILES string of the molecule is CN(C)c1ccc(/C=N\Nc2nc3c(=O)[nH]c(N)nc3n2[C@@H]2O[C@H](CO)[C@@H](O)[C@@H]2O)cc1. The molecule has 0 saturated carbocycles. The zero-order chi connectivity index (χ0) is 23.0. The van der Waals surface area contributed by atoms with Gasteiger partial charge in [-0.25, -0.2) is 10.4 Å². The van der Waals surface area contributed by atoms with E-state index in [0.29, 0.717) is 0 Å². The third kappa shape index (κ3) is 3.89. The standard InChI is InChI=1S/C19H24N8O5/c1-26(2)10-5-3-9(4-6-10)7-21-25-19-22-12-15(23-18(20)24-16(12)31)27(19)17-14(30)13(29)11(8-28)32-17/h3-7,11,13-14,17,28-30H,8H2,1-2H3,(H,22,25)(H3,20,23,24,31)/b21-7-/t11-,13-,14+,17-/m1/s1. The fraction of sp³-hybridized carbons (Fsp3) is 0.368. The number of hydrogen-bond donors (Lipinski definition) is 6. The molecule has 1 saturated heterocycles. The van der Waals surface area contributed by atoms with Crippen LogP contribution in [0.3, 0.4) is 0 Å². The number of nitrogens with two attached hydrogens (primary N) is 1. The van der Waals surface area contributed by atoms with Crippen LogP contribution in [-0.4, -0.2) is 80.1 Å². The van der Waals surface area contributed by atoms with Crippen LogP contribution in [0.2, 0.25) is 0 Å². The number of benzene rings is 1. The van der Waals surface area contributed by atoms with Crippen LogP contribution in [0.5, 0.6) is 0 Å². The molecule has 0 spiro atoms. The fourth-order valence-electron chi connectivity index (χ4n) is 3.44. The molecule has 13 heteroatoms. The maximum Gasteiger partial charge on any atom is 0.280 e. The summed E-state index contributed by atoms with van der Waals surface area (Å²) in [5.74, 6) is -0.133. The van der Waals surface area contributed by atoms with E-state index in [-0.39, 0.29) is 23.1 Å². The summed E-state index contributed by atoms with van der Waals surface area (Å²) in [4.78, 5) is 24.9. The summed E-state index contributed by atoms with van der Waals surface area (Å²) in [6, 6.07) is 7.62. The molecule has 4 atom stereocenters. The number of fused-ring (bicyclic) bond motifs is 1. The third-order valence-corrected chi connectivity index (χ3v) is 5.13. The Bertz CT molecular complexity index is 1190. The lowest BCUT2D eigenvalue weighted by Crippen LogP contribution is -2.33. The van der Waals surface area contributed by atoms with Gasteiger partial charge in [0.05, 0.1) is 12.8 Å². The third-order valence-electron chi connectivity index (χ3n) is 5.13. The lowest BCUT2D eigenvalue weighted by atomic mass is 10.1. The molecule has 0 bridgehead atoms. The van der Waals surface area contributed by atoms with Gasteiger partial charge in [-0.2, -0.15) is 10.1 Å². The van der Waals surface area contributed by atoms with E-state index in [9.17, 15) is 20.1 Å². The van der Waals surface area contributed by atoms with Crippen molar-refractivity contribution in [2.75, 3.05) is 36.8 Å². The normalized spacial score (nSPS) is 23.3. The molecule has 7 N–H and O–H groups in total. The number of nitrogens with one attached hydrogen (secondary N) is 2. The highest BCUT2D eigenvalue weighted by Crippen LogP contribution is 2.33. The molecule has 3 aromatic rings. The Kier molecular flexibility index (Phi) is 5.80. The molecule has 2 aromatic heterocycles. The predicted octanol–water partition coefficient (Wildman–Crippen LogP) is -1.17. The minimum absolute atomic E-state index is 0.0223. The molecule has 13 nitrogen and oxygen atoms in total. The van der Waals surface area contributed by atoms with Crippen molar-refractivity contribution in [3.63, 3.8) is 0 Å². The van der Waals surface area contributed by atoms with Crippen molar-refractivity contribution in [2.45, 2.75) is 24.5 Å². The van der Waals surface area contributed by atoms with E-state index in [1.54, 1.807) is 6.21 Å². The number of aromatic amines is 1. The average Bonchev–Trinajstić information content (AvgIpc) is 3.25. The van der Waals surface area contributed by atoms with Gasteiger partial charge in [0.15, 0.2) is 17.4 Å². The number of aromatic nitrogens is 4. The maximum atomic E-state index is 12.3. The molecule has 1 aromatic carbocycles. The summed E-state index contributed by atoms with van der Waals surface area (Å²) >= 11 is 0. The van der Waals surface area contributed by atoms with E-state index in [1.165, 1.54) is 4.57 Å². The number of anilines is 3. The molecule has 0 unspecified atom stereocenters. The lowest BCUT2D eigenvalue weighted by Gasteiger charge is -2.18. The molecular weight excluding hydrogens is 420 g/mol. The number of hydrazone groups is 1. The topological polar surface area (TPSA) is 187 Å². The number of hydrogen-bond acceptors (Lipinski definition) is 11. The van der Waals surface area contributed by atoms with Gasteiger partial charge in [0, 0.05) is 19.8 Å². The Hall–Kier alpha value is -3.52. The Labute approximate surface area is 181 Å². The zero-order valence-electron chi connectivity index (χ0n) is 17.4. The number of H-pyrrole nitrogens is 1. The molecule has 1 fully saturated rings. The highest BCUT2D eigenvalue weighted by atomic mass is 16.6. The molecule has 1 aliphatic heterocycles. The number of nitrogens with zero attached hydrogens (tertiary/aromatic N) is 5. The molecule has 32 heavy (non-hydrogen) atoms. The summed E-state index contributed by atoms with van der Waals surface area (Å²) in [7, 11) is 3.88. The van der Waals surface area contributed by atoms with E-state index in [1.807, 2.05) is 43.3 Å². The first-order valence-electron chi connectivity index (χ1n) is 9.76. The zero-order valence-corrected chi connectivity index (χ0v) is 17.4. The van der Waals surface area contributed by atoms with Crippen molar-refractivity contribution in [1.29, 1.82) is 0 Å². The van der Waals surface area contributed by atoms with Crippen molar-refractivity contribution >= 4 is 35.0 Å². The van der Waals surface area contributed by atoms with Crippen molar-refractivity contribution in [1.82, 2.24) is 19.5 Å². The number of ether oxygens (including phenoxy) is 1. The van der Waals surface area contributed by atoms with Gasteiger partial charge < -0.3 is 30.7 Å².